The van der Waals surface area contributed by atoms with Gasteiger partial charge in [-0.1, -0.05) is 0 Å². The molecule has 0 amide bonds. The molecule has 21 heavy (non-hydrogen) atoms. The summed E-state index contributed by atoms with van der Waals surface area (Å²) in [7, 11) is -4.84. The van der Waals surface area contributed by atoms with Crippen LogP contribution in [0.15, 0.2) is 23.1 Å². The molecule has 6 nitrogen and oxygen atoms in total. The van der Waals surface area contributed by atoms with E-state index < -0.39 is 31.1 Å². The van der Waals surface area contributed by atoms with Gasteiger partial charge in [0.15, 0.2) is 0 Å². The first kappa shape index (κ1) is 16.0. The summed E-state index contributed by atoms with van der Waals surface area (Å²) in [6, 6.07) is 2.92. The predicted molar refractivity (Wildman–Crippen MR) is 75.8 cm³/mol. The molecule has 0 unspecified atom stereocenters. The van der Waals surface area contributed by atoms with Crippen LogP contribution in [0.3, 0.4) is 0 Å². The first-order chi connectivity index (χ1) is 9.84. The molecule has 1 aliphatic heterocycles. The lowest BCUT2D eigenvalue weighted by Gasteiger charge is -2.28. The molecule has 0 radical (unpaired) electrons. The van der Waals surface area contributed by atoms with Crippen LogP contribution in [-0.2, 0) is 9.84 Å². The Morgan fingerprint density at radius 1 is 1.29 bits per heavy atom. The van der Waals surface area contributed by atoms with E-state index in [2.05, 4.69) is 0 Å². The fraction of sp³-hybridized carbons (Fsp3) is 0.455. The highest BCUT2D eigenvalue weighted by molar-refractivity contribution is 7.99. The summed E-state index contributed by atoms with van der Waals surface area (Å²) >= 11 is 1.71. The molecule has 116 valence electrons. The number of sulfone groups is 1. The average Bonchev–Trinajstić information content (AvgIpc) is 2.47. The second-order valence-electron chi connectivity index (χ2n) is 4.31. The lowest BCUT2D eigenvalue weighted by molar-refractivity contribution is -0.384. The summed E-state index contributed by atoms with van der Waals surface area (Å²) in [5.41, 5.74) is -0.211. The molecule has 1 aromatic rings. The summed E-state index contributed by atoms with van der Waals surface area (Å²) in [6.07, 6.45) is 0. The van der Waals surface area contributed by atoms with Crippen LogP contribution >= 0.6 is 11.8 Å². The Balaban J connectivity index is 2.47. The number of hydrogen-bond acceptors (Lipinski definition) is 6. The maximum Gasteiger partial charge on any atom is 0.341 e. The Labute approximate surface area is 124 Å². The van der Waals surface area contributed by atoms with E-state index in [1.807, 2.05) is 0 Å². The van der Waals surface area contributed by atoms with Crippen LogP contribution in [0.5, 0.6) is 0 Å². The minimum absolute atomic E-state index is 0.258. The highest BCUT2D eigenvalue weighted by atomic mass is 32.2. The zero-order valence-corrected chi connectivity index (χ0v) is 12.4. The molecule has 0 aliphatic carbocycles. The van der Waals surface area contributed by atoms with E-state index >= 15 is 0 Å². The van der Waals surface area contributed by atoms with Crippen molar-refractivity contribution in [3.63, 3.8) is 0 Å². The second-order valence-corrected chi connectivity index (χ2v) is 7.46. The van der Waals surface area contributed by atoms with E-state index in [0.29, 0.717) is 19.2 Å². The van der Waals surface area contributed by atoms with E-state index in [4.69, 9.17) is 0 Å². The van der Waals surface area contributed by atoms with Crippen LogP contribution in [0.2, 0.25) is 0 Å². The molecule has 1 aromatic carbocycles. The molecule has 0 bridgehead atoms. The van der Waals surface area contributed by atoms with Crippen molar-refractivity contribution in [1.29, 1.82) is 0 Å². The van der Waals surface area contributed by atoms with E-state index in [9.17, 15) is 27.3 Å². The summed E-state index contributed by atoms with van der Waals surface area (Å²) in [6.45, 7) is 1.18. The average molecular weight is 338 g/mol. The van der Waals surface area contributed by atoms with Crippen LogP contribution in [0.25, 0.3) is 0 Å². The van der Waals surface area contributed by atoms with Gasteiger partial charge in [-0.15, -0.1) is 0 Å². The Morgan fingerprint density at radius 2 is 1.90 bits per heavy atom. The molecule has 0 saturated carbocycles. The normalized spacial score (nSPS) is 16.2. The van der Waals surface area contributed by atoms with E-state index in [0.717, 1.165) is 17.6 Å². The number of anilines is 1. The first-order valence-electron chi connectivity index (χ1n) is 5.97. The summed E-state index contributed by atoms with van der Waals surface area (Å²) < 4.78 is 47.8. The van der Waals surface area contributed by atoms with Crippen LogP contribution in [0.1, 0.15) is 0 Å². The van der Waals surface area contributed by atoms with Crippen LogP contribution in [0.4, 0.5) is 20.2 Å². The molecule has 1 fully saturated rings. The SMILES string of the molecule is O=[N+]([O-])c1cc(S(=O)(=O)C(F)F)ccc1N1CCSCC1. The summed E-state index contributed by atoms with van der Waals surface area (Å²) in [4.78, 5) is 11.4. The number of halogens is 2. The monoisotopic (exact) mass is 338 g/mol. The van der Waals surface area contributed by atoms with Gasteiger partial charge in [-0.05, 0) is 12.1 Å². The van der Waals surface area contributed by atoms with Gasteiger partial charge in [0.2, 0.25) is 9.84 Å². The largest absolute Gasteiger partial charge is 0.364 e. The molecule has 0 spiro atoms. The highest BCUT2D eigenvalue weighted by Gasteiger charge is 2.30. The van der Waals surface area contributed by atoms with Crippen molar-refractivity contribution in [1.82, 2.24) is 0 Å². The zero-order valence-electron chi connectivity index (χ0n) is 10.7. The molecule has 0 atom stereocenters. The molecular weight excluding hydrogens is 326 g/mol. The third-order valence-corrected chi connectivity index (χ3v) is 5.38. The molecular formula is C11H12F2N2O4S2. The van der Waals surface area contributed by atoms with Crippen molar-refractivity contribution in [3.05, 3.63) is 28.3 Å². The van der Waals surface area contributed by atoms with Crippen LogP contribution in [-0.4, -0.2) is 43.7 Å². The number of alkyl halides is 2. The van der Waals surface area contributed by atoms with Gasteiger partial charge in [0.25, 0.3) is 5.69 Å². The van der Waals surface area contributed by atoms with Crippen molar-refractivity contribution in [3.8, 4) is 0 Å². The lowest BCUT2D eigenvalue weighted by Crippen LogP contribution is -2.32. The standard InChI is InChI=1S/C11H12F2N2O4S2/c12-11(13)21(18,19)8-1-2-9(10(7-8)15(16)17)14-3-5-20-6-4-14/h1-2,7,11H,3-6H2. The number of nitrogens with zero attached hydrogens (tertiary/aromatic N) is 2. The topological polar surface area (TPSA) is 80.5 Å². The van der Waals surface area contributed by atoms with Gasteiger partial charge in [-0.25, -0.2) is 8.42 Å². The third kappa shape index (κ3) is 3.26. The van der Waals surface area contributed by atoms with Gasteiger partial charge in [0, 0.05) is 30.7 Å². The second kappa shape index (κ2) is 6.14. The van der Waals surface area contributed by atoms with E-state index in [1.54, 1.807) is 16.7 Å². The van der Waals surface area contributed by atoms with E-state index in [1.165, 1.54) is 6.07 Å². The lowest BCUT2D eigenvalue weighted by atomic mass is 10.2. The quantitative estimate of drug-likeness (QED) is 0.618. The Hall–Kier alpha value is -1.42. The molecule has 1 heterocycles. The molecule has 2 rings (SSSR count). The van der Waals surface area contributed by atoms with Crippen molar-refractivity contribution in [2.45, 2.75) is 10.7 Å². The number of hydrogen-bond donors (Lipinski definition) is 0. The van der Waals surface area contributed by atoms with Gasteiger partial charge in [-0.2, -0.15) is 20.5 Å². The van der Waals surface area contributed by atoms with Gasteiger partial charge >= 0.3 is 5.76 Å². The van der Waals surface area contributed by atoms with Crippen molar-refractivity contribution in [2.75, 3.05) is 29.5 Å². The minimum Gasteiger partial charge on any atom is -0.364 e. The number of thioether (sulfide) groups is 1. The Morgan fingerprint density at radius 3 is 2.43 bits per heavy atom. The summed E-state index contributed by atoms with van der Waals surface area (Å²) in [5, 5.41) is 11.1. The fourth-order valence-corrected chi connectivity index (χ4v) is 3.64. The van der Waals surface area contributed by atoms with Gasteiger partial charge in [-0.3, -0.25) is 10.1 Å². The molecule has 10 heteroatoms. The number of rotatable bonds is 4. The number of nitro benzene ring substituents is 1. The smallest absolute Gasteiger partial charge is 0.341 e. The zero-order chi connectivity index (χ0) is 15.6. The minimum atomic E-state index is -4.84. The van der Waals surface area contributed by atoms with Crippen LogP contribution in [0, 0.1) is 10.1 Å². The Kier molecular flexibility index (Phi) is 4.67. The van der Waals surface area contributed by atoms with Gasteiger partial charge < -0.3 is 4.90 Å². The molecule has 0 N–H and O–H groups in total. The van der Waals surface area contributed by atoms with Crippen molar-refractivity contribution < 1.29 is 22.1 Å². The predicted octanol–water partition coefficient (Wildman–Crippen LogP) is 2.14. The molecule has 1 aliphatic rings. The molecule has 1 saturated heterocycles. The van der Waals surface area contributed by atoms with E-state index in [-0.39, 0.29) is 5.69 Å². The number of benzene rings is 1. The number of nitro groups is 1. The van der Waals surface area contributed by atoms with Gasteiger partial charge in [0.05, 0.1) is 9.82 Å². The third-order valence-electron chi connectivity index (χ3n) is 3.06. The van der Waals surface area contributed by atoms with Crippen molar-refractivity contribution in [2.24, 2.45) is 0 Å². The maximum atomic E-state index is 12.5. The van der Waals surface area contributed by atoms with Crippen LogP contribution < -0.4 is 4.90 Å². The Bertz CT molecular complexity index is 646. The highest BCUT2D eigenvalue weighted by Crippen LogP contribution is 2.33. The van der Waals surface area contributed by atoms with Gasteiger partial charge in [0.1, 0.15) is 5.69 Å². The first-order valence-corrected chi connectivity index (χ1v) is 8.67. The fourth-order valence-electron chi connectivity index (χ4n) is 2.00. The molecule has 0 aromatic heterocycles. The van der Waals surface area contributed by atoms with Crippen molar-refractivity contribution >= 4 is 33.0 Å². The maximum absolute atomic E-state index is 12.5. The summed E-state index contributed by atoms with van der Waals surface area (Å²) in [5.74, 6) is -2.00.